The number of hydrogen-bond donors (Lipinski definition) is 2. The summed E-state index contributed by atoms with van der Waals surface area (Å²) >= 11 is 0. The van der Waals surface area contributed by atoms with Crippen LogP contribution in [0.2, 0.25) is 0 Å². The standard InChI is InChI=1S/C16H29N3O2/c1-15(2,3)13-19(9-6-10-20)11-14(21)18-16(12-17)7-4-5-8-16/h20H,4-11,13H2,1-3H3,(H,18,21). The van der Waals surface area contributed by atoms with Crippen molar-refractivity contribution in [2.24, 2.45) is 5.41 Å². The second-order valence-electron chi connectivity index (χ2n) is 7.30. The van der Waals surface area contributed by atoms with Gasteiger partial charge in [-0.05, 0) is 37.5 Å². The summed E-state index contributed by atoms with van der Waals surface area (Å²) < 4.78 is 0. The van der Waals surface area contributed by atoms with E-state index in [1.54, 1.807) is 0 Å². The molecule has 0 aromatic heterocycles. The first kappa shape index (κ1) is 17.9. The Kier molecular flexibility index (Phi) is 6.63. The highest BCUT2D eigenvalue weighted by Crippen LogP contribution is 2.28. The Morgan fingerprint density at radius 1 is 1.38 bits per heavy atom. The van der Waals surface area contributed by atoms with Gasteiger partial charge < -0.3 is 10.4 Å². The molecular weight excluding hydrogens is 266 g/mol. The molecule has 1 aliphatic rings. The van der Waals surface area contributed by atoms with Crippen molar-refractivity contribution < 1.29 is 9.90 Å². The number of amides is 1. The molecule has 1 amide bonds. The van der Waals surface area contributed by atoms with E-state index in [-0.39, 0.29) is 17.9 Å². The monoisotopic (exact) mass is 295 g/mol. The fourth-order valence-corrected chi connectivity index (χ4v) is 2.93. The average Bonchev–Trinajstić information content (AvgIpc) is 2.83. The number of hydrogen-bond acceptors (Lipinski definition) is 4. The third-order valence-corrected chi connectivity index (χ3v) is 3.75. The van der Waals surface area contributed by atoms with Crippen LogP contribution in [0.3, 0.4) is 0 Å². The van der Waals surface area contributed by atoms with E-state index in [9.17, 15) is 10.1 Å². The molecule has 0 unspecified atom stereocenters. The fraction of sp³-hybridized carbons (Fsp3) is 0.875. The summed E-state index contributed by atoms with van der Waals surface area (Å²) in [5.41, 5.74) is -0.558. The number of nitrogens with one attached hydrogen (secondary N) is 1. The molecule has 120 valence electrons. The summed E-state index contributed by atoms with van der Waals surface area (Å²) in [5, 5.41) is 21.2. The van der Waals surface area contributed by atoms with Gasteiger partial charge in [0.2, 0.25) is 5.91 Å². The van der Waals surface area contributed by atoms with E-state index >= 15 is 0 Å². The normalized spacial score (nSPS) is 17.7. The molecule has 1 rings (SSSR count). The van der Waals surface area contributed by atoms with Gasteiger partial charge in [0.05, 0.1) is 12.6 Å². The molecule has 1 saturated carbocycles. The van der Waals surface area contributed by atoms with Gasteiger partial charge in [-0.1, -0.05) is 20.8 Å². The minimum Gasteiger partial charge on any atom is -0.396 e. The highest BCUT2D eigenvalue weighted by atomic mass is 16.3. The third-order valence-electron chi connectivity index (χ3n) is 3.75. The van der Waals surface area contributed by atoms with E-state index in [1.807, 2.05) is 0 Å². The van der Waals surface area contributed by atoms with E-state index < -0.39 is 5.54 Å². The first-order valence-corrected chi connectivity index (χ1v) is 7.86. The molecule has 2 N–H and O–H groups in total. The molecule has 0 radical (unpaired) electrons. The molecule has 5 heteroatoms. The lowest BCUT2D eigenvalue weighted by Gasteiger charge is -2.30. The first-order chi connectivity index (χ1) is 9.80. The molecule has 1 fully saturated rings. The van der Waals surface area contributed by atoms with Gasteiger partial charge in [0, 0.05) is 19.7 Å². The number of aliphatic hydroxyl groups excluding tert-OH is 1. The molecule has 21 heavy (non-hydrogen) atoms. The molecule has 0 heterocycles. The van der Waals surface area contributed by atoms with Gasteiger partial charge >= 0.3 is 0 Å². The maximum atomic E-state index is 12.3. The second-order valence-corrected chi connectivity index (χ2v) is 7.30. The zero-order valence-electron chi connectivity index (χ0n) is 13.6. The Labute approximate surface area is 128 Å². The van der Waals surface area contributed by atoms with Gasteiger partial charge in [0.15, 0.2) is 0 Å². The van der Waals surface area contributed by atoms with Crippen molar-refractivity contribution in [1.82, 2.24) is 10.2 Å². The maximum Gasteiger partial charge on any atom is 0.235 e. The Balaban J connectivity index is 2.56. The van der Waals surface area contributed by atoms with E-state index in [0.29, 0.717) is 19.5 Å². The highest BCUT2D eigenvalue weighted by Gasteiger charge is 2.35. The van der Waals surface area contributed by atoms with Crippen LogP contribution in [-0.2, 0) is 4.79 Å². The van der Waals surface area contributed by atoms with Crippen LogP contribution >= 0.6 is 0 Å². The molecule has 0 bridgehead atoms. The fourth-order valence-electron chi connectivity index (χ4n) is 2.93. The summed E-state index contributed by atoms with van der Waals surface area (Å²) in [7, 11) is 0. The van der Waals surface area contributed by atoms with E-state index in [0.717, 1.165) is 32.2 Å². The molecule has 0 atom stereocenters. The van der Waals surface area contributed by atoms with Crippen LogP contribution in [0.15, 0.2) is 0 Å². The van der Waals surface area contributed by atoms with Crippen molar-refractivity contribution in [1.29, 1.82) is 5.26 Å². The van der Waals surface area contributed by atoms with E-state index in [1.165, 1.54) is 0 Å². The smallest absolute Gasteiger partial charge is 0.235 e. The molecule has 5 nitrogen and oxygen atoms in total. The van der Waals surface area contributed by atoms with E-state index in [2.05, 4.69) is 37.1 Å². The van der Waals surface area contributed by atoms with Gasteiger partial charge in [-0.3, -0.25) is 9.69 Å². The Bertz CT molecular complexity index is 376. The molecule has 1 aliphatic carbocycles. The molecular formula is C16H29N3O2. The highest BCUT2D eigenvalue weighted by molar-refractivity contribution is 5.79. The topological polar surface area (TPSA) is 76.4 Å². The first-order valence-electron chi connectivity index (χ1n) is 7.86. The van der Waals surface area contributed by atoms with Crippen LogP contribution in [0, 0.1) is 16.7 Å². The molecule has 0 spiro atoms. The van der Waals surface area contributed by atoms with Crippen molar-refractivity contribution >= 4 is 5.91 Å². The Morgan fingerprint density at radius 2 is 2.00 bits per heavy atom. The van der Waals surface area contributed by atoms with Gasteiger partial charge in [0.25, 0.3) is 0 Å². The third kappa shape index (κ3) is 6.45. The van der Waals surface area contributed by atoms with Gasteiger partial charge in [0.1, 0.15) is 5.54 Å². The van der Waals surface area contributed by atoms with E-state index in [4.69, 9.17) is 5.11 Å². The predicted molar refractivity (Wildman–Crippen MR) is 82.6 cm³/mol. The van der Waals surface area contributed by atoms with Gasteiger partial charge in [-0.2, -0.15) is 5.26 Å². The molecule has 0 aromatic rings. The van der Waals surface area contributed by atoms with Crippen LogP contribution in [0.25, 0.3) is 0 Å². The number of aliphatic hydroxyl groups is 1. The van der Waals surface area contributed by atoms with Crippen LogP contribution in [-0.4, -0.2) is 47.7 Å². The lowest BCUT2D eigenvalue weighted by molar-refractivity contribution is -0.123. The summed E-state index contributed by atoms with van der Waals surface area (Å²) in [4.78, 5) is 14.3. The quantitative estimate of drug-likeness (QED) is 0.749. The van der Waals surface area contributed by atoms with Crippen molar-refractivity contribution in [3.8, 4) is 6.07 Å². The number of nitrogens with zero attached hydrogens (tertiary/aromatic N) is 2. The minimum absolute atomic E-state index is 0.0827. The Hall–Kier alpha value is -1.12. The number of nitriles is 1. The zero-order valence-corrected chi connectivity index (χ0v) is 13.6. The number of carbonyl (C=O) groups excluding carboxylic acids is 1. The van der Waals surface area contributed by atoms with Gasteiger partial charge in [-0.15, -0.1) is 0 Å². The molecule has 0 saturated heterocycles. The van der Waals surface area contributed by atoms with Crippen LogP contribution < -0.4 is 5.32 Å². The summed E-state index contributed by atoms with van der Waals surface area (Å²) in [6.45, 7) is 8.30. The molecule has 0 aromatic carbocycles. The number of rotatable bonds is 7. The summed E-state index contributed by atoms with van der Waals surface area (Å²) in [6.07, 6.45) is 4.18. The maximum absolute atomic E-state index is 12.3. The van der Waals surface area contributed by atoms with Crippen molar-refractivity contribution in [2.45, 2.75) is 58.4 Å². The predicted octanol–water partition coefficient (Wildman–Crippen LogP) is 1.67. The van der Waals surface area contributed by atoms with Crippen molar-refractivity contribution in [3.05, 3.63) is 0 Å². The van der Waals surface area contributed by atoms with Gasteiger partial charge in [-0.25, -0.2) is 0 Å². The number of carbonyl (C=O) groups is 1. The lowest BCUT2D eigenvalue weighted by atomic mass is 9.96. The average molecular weight is 295 g/mol. The minimum atomic E-state index is -0.651. The summed E-state index contributed by atoms with van der Waals surface area (Å²) in [5.74, 6) is -0.0827. The largest absolute Gasteiger partial charge is 0.396 e. The van der Waals surface area contributed by atoms with Crippen molar-refractivity contribution in [2.75, 3.05) is 26.2 Å². The van der Waals surface area contributed by atoms with Crippen LogP contribution in [0.5, 0.6) is 0 Å². The summed E-state index contributed by atoms with van der Waals surface area (Å²) in [6, 6.07) is 2.28. The molecule has 0 aliphatic heterocycles. The Morgan fingerprint density at radius 3 is 2.48 bits per heavy atom. The van der Waals surface area contributed by atoms with Crippen molar-refractivity contribution in [3.63, 3.8) is 0 Å². The SMILES string of the molecule is CC(C)(C)CN(CCCO)CC(=O)NC1(C#N)CCCC1. The lowest BCUT2D eigenvalue weighted by Crippen LogP contribution is -2.50. The second kappa shape index (κ2) is 7.77. The zero-order chi connectivity index (χ0) is 15.9. The van der Waals surface area contributed by atoms with Crippen LogP contribution in [0.1, 0.15) is 52.9 Å². The van der Waals surface area contributed by atoms with Crippen LogP contribution in [0.4, 0.5) is 0 Å².